The summed E-state index contributed by atoms with van der Waals surface area (Å²) < 4.78 is 19.0. The van der Waals surface area contributed by atoms with E-state index in [1.54, 1.807) is 19.2 Å². The molecule has 2 N–H and O–H groups in total. The lowest BCUT2D eigenvalue weighted by Crippen LogP contribution is -2.13. The minimum Gasteiger partial charge on any atom is -0.496 e. The van der Waals surface area contributed by atoms with Crippen molar-refractivity contribution in [3.05, 3.63) is 63.4 Å². The Balaban J connectivity index is 2.45. The van der Waals surface area contributed by atoms with Gasteiger partial charge in [0.25, 0.3) is 0 Å². The molecular formula is C15H15BrFNO. The van der Waals surface area contributed by atoms with Gasteiger partial charge in [-0.15, -0.1) is 0 Å². The van der Waals surface area contributed by atoms with Crippen molar-refractivity contribution in [3.63, 3.8) is 0 Å². The standard InChI is InChI=1S/C15H15BrFNO/c1-9-3-6-14(19-2)11(7-9)15(18)10-4-5-13(17)12(16)8-10/h3-8,15H,18H2,1-2H3. The van der Waals surface area contributed by atoms with Gasteiger partial charge >= 0.3 is 0 Å². The van der Waals surface area contributed by atoms with E-state index in [0.29, 0.717) is 4.47 Å². The molecule has 2 aromatic rings. The Kier molecular flexibility index (Phi) is 4.22. The second-order valence-electron chi connectivity index (χ2n) is 4.40. The number of rotatable bonds is 3. The first-order chi connectivity index (χ1) is 9.02. The number of hydrogen-bond donors (Lipinski definition) is 1. The summed E-state index contributed by atoms with van der Waals surface area (Å²) in [5.41, 5.74) is 9.08. The maximum absolute atomic E-state index is 13.3. The minimum atomic E-state index is -0.355. The number of hydrogen-bond acceptors (Lipinski definition) is 2. The first-order valence-corrected chi connectivity index (χ1v) is 6.67. The summed E-state index contributed by atoms with van der Waals surface area (Å²) in [7, 11) is 1.61. The van der Waals surface area contributed by atoms with Crippen molar-refractivity contribution in [1.29, 1.82) is 0 Å². The van der Waals surface area contributed by atoms with Crippen LogP contribution in [0.25, 0.3) is 0 Å². The smallest absolute Gasteiger partial charge is 0.137 e. The van der Waals surface area contributed by atoms with Crippen LogP contribution in [0.15, 0.2) is 40.9 Å². The predicted octanol–water partition coefficient (Wildman–Crippen LogP) is 3.95. The third-order valence-electron chi connectivity index (χ3n) is 3.02. The summed E-state index contributed by atoms with van der Waals surface area (Å²) in [6.45, 7) is 2.00. The zero-order valence-electron chi connectivity index (χ0n) is 10.8. The second-order valence-corrected chi connectivity index (χ2v) is 5.25. The Hall–Kier alpha value is -1.39. The molecule has 1 atom stereocenters. The van der Waals surface area contributed by atoms with Gasteiger partial charge in [0.2, 0.25) is 0 Å². The van der Waals surface area contributed by atoms with Gasteiger partial charge < -0.3 is 10.5 Å². The van der Waals surface area contributed by atoms with E-state index >= 15 is 0 Å². The molecule has 0 bridgehead atoms. The van der Waals surface area contributed by atoms with Crippen LogP contribution in [0, 0.1) is 12.7 Å². The Morgan fingerprint density at radius 1 is 1.21 bits per heavy atom. The molecule has 0 spiro atoms. The molecule has 100 valence electrons. The van der Waals surface area contributed by atoms with Gasteiger partial charge in [-0.25, -0.2) is 4.39 Å². The van der Waals surface area contributed by atoms with Crippen LogP contribution in [0.4, 0.5) is 4.39 Å². The SMILES string of the molecule is COc1ccc(C)cc1C(N)c1ccc(F)c(Br)c1. The average Bonchev–Trinajstić information content (AvgIpc) is 2.41. The summed E-state index contributed by atoms with van der Waals surface area (Å²) in [6, 6.07) is 10.3. The highest BCUT2D eigenvalue weighted by atomic mass is 79.9. The van der Waals surface area contributed by atoms with Crippen LogP contribution < -0.4 is 10.5 Å². The van der Waals surface area contributed by atoms with Crippen molar-refractivity contribution in [2.45, 2.75) is 13.0 Å². The van der Waals surface area contributed by atoms with Gasteiger partial charge in [-0.3, -0.25) is 0 Å². The van der Waals surface area contributed by atoms with Crippen molar-refractivity contribution in [2.24, 2.45) is 5.73 Å². The van der Waals surface area contributed by atoms with Gasteiger partial charge in [0.15, 0.2) is 0 Å². The van der Waals surface area contributed by atoms with Gasteiger partial charge in [-0.1, -0.05) is 23.8 Å². The first-order valence-electron chi connectivity index (χ1n) is 5.88. The molecular weight excluding hydrogens is 309 g/mol. The maximum atomic E-state index is 13.3. The Labute approximate surface area is 120 Å². The zero-order chi connectivity index (χ0) is 14.0. The predicted molar refractivity (Wildman–Crippen MR) is 77.9 cm³/mol. The number of ether oxygens (including phenoxy) is 1. The van der Waals surface area contributed by atoms with E-state index in [0.717, 1.165) is 22.4 Å². The summed E-state index contributed by atoms with van der Waals surface area (Å²) >= 11 is 3.18. The third kappa shape index (κ3) is 2.96. The Morgan fingerprint density at radius 2 is 1.95 bits per heavy atom. The molecule has 0 heterocycles. The van der Waals surface area contributed by atoms with Gasteiger partial charge in [-0.2, -0.15) is 0 Å². The first kappa shape index (κ1) is 14.0. The van der Waals surface area contributed by atoms with Gasteiger partial charge in [-0.05, 0) is 46.6 Å². The van der Waals surface area contributed by atoms with Crippen LogP contribution in [-0.4, -0.2) is 7.11 Å². The van der Waals surface area contributed by atoms with Crippen molar-refractivity contribution in [3.8, 4) is 5.75 Å². The van der Waals surface area contributed by atoms with E-state index in [2.05, 4.69) is 15.9 Å². The molecule has 0 saturated carbocycles. The summed E-state index contributed by atoms with van der Waals surface area (Å²) in [5, 5.41) is 0. The molecule has 2 aromatic carbocycles. The molecule has 0 aliphatic heterocycles. The van der Waals surface area contributed by atoms with Crippen LogP contribution in [0.1, 0.15) is 22.7 Å². The van der Waals surface area contributed by atoms with Crippen LogP contribution >= 0.6 is 15.9 Å². The average molecular weight is 324 g/mol. The van der Waals surface area contributed by atoms with Crippen LogP contribution in [0.5, 0.6) is 5.75 Å². The Morgan fingerprint density at radius 3 is 2.58 bits per heavy atom. The minimum absolute atomic E-state index is 0.299. The van der Waals surface area contributed by atoms with E-state index in [1.165, 1.54) is 6.07 Å². The largest absolute Gasteiger partial charge is 0.496 e. The lowest BCUT2D eigenvalue weighted by atomic mass is 9.97. The van der Waals surface area contributed by atoms with E-state index in [4.69, 9.17) is 10.5 Å². The molecule has 4 heteroatoms. The van der Waals surface area contributed by atoms with Crippen molar-refractivity contribution >= 4 is 15.9 Å². The fourth-order valence-corrected chi connectivity index (χ4v) is 2.38. The number of aryl methyl sites for hydroxylation is 1. The molecule has 0 aliphatic carbocycles. The fourth-order valence-electron chi connectivity index (χ4n) is 1.98. The zero-order valence-corrected chi connectivity index (χ0v) is 12.4. The third-order valence-corrected chi connectivity index (χ3v) is 3.63. The molecule has 2 rings (SSSR count). The number of methoxy groups -OCH3 is 1. The molecule has 0 aromatic heterocycles. The highest BCUT2D eigenvalue weighted by molar-refractivity contribution is 9.10. The normalized spacial score (nSPS) is 12.3. The highest BCUT2D eigenvalue weighted by Gasteiger charge is 2.15. The topological polar surface area (TPSA) is 35.2 Å². The molecule has 1 unspecified atom stereocenters. The monoisotopic (exact) mass is 323 g/mol. The second kappa shape index (κ2) is 5.72. The molecule has 0 fully saturated rings. The molecule has 0 saturated heterocycles. The Bertz CT molecular complexity index is 601. The van der Waals surface area contributed by atoms with Gasteiger partial charge in [0.1, 0.15) is 11.6 Å². The molecule has 19 heavy (non-hydrogen) atoms. The molecule has 0 radical (unpaired) electrons. The van der Waals surface area contributed by atoms with Crippen molar-refractivity contribution in [2.75, 3.05) is 7.11 Å². The van der Waals surface area contributed by atoms with Crippen LogP contribution in [-0.2, 0) is 0 Å². The summed E-state index contributed by atoms with van der Waals surface area (Å²) in [5.74, 6) is 0.436. The van der Waals surface area contributed by atoms with Gasteiger partial charge in [0, 0.05) is 5.56 Å². The lowest BCUT2D eigenvalue weighted by molar-refractivity contribution is 0.407. The molecule has 0 amide bonds. The number of nitrogens with two attached hydrogens (primary N) is 1. The fraction of sp³-hybridized carbons (Fsp3) is 0.200. The van der Waals surface area contributed by atoms with Gasteiger partial charge in [0.05, 0.1) is 17.6 Å². The van der Waals surface area contributed by atoms with Crippen molar-refractivity contribution < 1.29 is 9.13 Å². The quantitative estimate of drug-likeness (QED) is 0.928. The van der Waals surface area contributed by atoms with E-state index in [-0.39, 0.29) is 11.9 Å². The lowest BCUT2D eigenvalue weighted by Gasteiger charge is -2.17. The number of benzene rings is 2. The highest BCUT2D eigenvalue weighted by Crippen LogP contribution is 2.30. The summed E-state index contributed by atoms with van der Waals surface area (Å²) in [4.78, 5) is 0. The van der Waals surface area contributed by atoms with E-state index in [9.17, 15) is 4.39 Å². The van der Waals surface area contributed by atoms with Crippen LogP contribution in [0.3, 0.4) is 0 Å². The maximum Gasteiger partial charge on any atom is 0.137 e. The molecule has 2 nitrogen and oxygen atoms in total. The van der Waals surface area contributed by atoms with Crippen LogP contribution in [0.2, 0.25) is 0 Å². The number of halogens is 2. The summed E-state index contributed by atoms with van der Waals surface area (Å²) in [6.07, 6.45) is 0. The molecule has 0 aliphatic rings. The van der Waals surface area contributed by atoms with E-state index in [1.807, 2.05) is 25.1 Å². The van der Waals surface area contributed by atoms with E-state index < -0.39 is 0 Å². The van der Waals surface area contributed by atoms with Crippen molar-refractivity contribution in [1.82, 2.24) is 0 Å².